The third-order valence-electron chi connectivity index (χ3n) is 2.99. The summed E-state index contributed by atoms with van der Waals surface area (Å²) in [6, 6.07) is 6.68. The smallest absolute Gasteiger partial charge is 0.387 e. The number of ether oxygens (including phenoxy) is 2. The minimum atomic E-state index is -2.82. The minimum absolute atomic E-state index is 0.107. The zero-order chi connectivity index (χ0) is 14.5. The normalized spacial score (nSPS) is 13.6. The van der Waals surface area contributed by atoms with Crippen LogP contribution < -0.4 is 10.1 Å². The number of alkyl halides is 2. The van der Waals surface area contributed by atoms with Crippen molar-refractivity contribution in [2.75, 3.05) is 13.7 Å². The highest BCUT2D eigenvalue weighted by molar-refractivity contribution is 5.35. The molecule has 3 nitrogen and oxygen atoms in total. The van der Waals surface area contributed by atoms with Crippen LogP contribution in [0.15, 0.2) is 24.3 Å². The second kappa shape index (κ2) is 6.82. The zero-order valence-electron chi connectivity index (χ0n) is 11.7. The summed E-state index contributed by atoms with van der Waals surface area (Å²) in [6.07, 6.45) is 0. The first-order chi connectivity index (χ1) is 8.85. The fraction of sp³-hybridized carbons (Fsp3) is 0.571. The SMILES string of the molecule is COC(C)(C)CNC(C)c1ccccc1OC(F)F. The van der Waals surface area contributed by atoms with Gasteiger partial charge in [-0.3, -0.25) is 0 Å². The van der Waals surface area contributed by atoms with Gasteiger partial charge in [-0.15, -0.1) is 0 Å². The van der Waals surface area contributed by atoms with Crippen molar-refractivity contribution >= 4 is 0 Å². The van der Waals surface area contributed by atoms with E-state index in [-0.39, 0.29) is 17.4 Å². The maximum Gasteiger partial charge on any atom is 0.387 e. The van der Waals surface area contributed by atoms with E-state index in [4.69, 9.17) is 4.74 Å². The minimum Gasteiger partial charge on any atom is -0.434 e. The van der Waals surface area contributed by atoms with Crippen molar-refractivity contribution in [3.8, 4) is 5.75 Å². The average molecular weight is 273 g/mol. The molecule has 0 aliphatic rings. The molecular weight excluding hydrogens is 252 g/mol. The molecular formula is C14H21F2NO2. The van der Waals surface area contributed by atoms with Gasteiger partial charge in [0.05, 0.1) is 5.60 Å². The monoisotopic (exact) mass is 273 g/mol. The summed E-state index contributed by atoms with van der Waals surface area (Å²) >= 11 is 0. The Balaban J connectivity index is 2.73. The molecule has 1 aromatic rings. The molecule has 0 aromatic heterocycles. The molecule has 1 N–H and O–H groups in total. The Kier molecular flexibility index (Phi) is 5.69. The van der Waals surface area contributed by atoms with Crippen molar-refractivity contribution in [2.24, 2.45) is 0 Å². The van der Waals surface area contributed by atoms with Gasteiger partial charge >= 0.3 is 6.61 Å². The number of methoxy groups -OCH3 is 1. The molecule has 0 fully saturated rings. The van der Waals surface area contributed by atoms with Gasteiger partial charge in [0.25, 0.3) is 0 Å². The molecule has 0 aliphatic carbocycles. The number of hydrogen-bond donors (Lipinski definition) is 1. The van der Waals surface area contributed by atoms with Crippen molar-refractivity contribution < 1.29 is 18.3 Å². The van der Waals surface area contributed by atoms with Gasteiger partial charge in [-0.1, -0.05) is 18.2 Å². The number of halogens is 2. The van der Waals surface area contributed by atoms with Crippen LogP contribution >= 0.6 is 0 Å². The number of nitrogens with one attached hydrogen (secondary N) is 1. The maximum absolute atomic E-state index is 12.3. The Morgan fingerprint density at radius 2 is 1.89 bits per heavy atom. The number of rotatable bonds is 7. The second-order valence-corrected chi connectivity index (χ2v) is 4.98. The van der Waals surface area contributed by atoms with Gasteiger partial charge in [0.2, 0.25) is 0 Å². The lowest BCUT2D eigenvalue weighted by Gasteiger charge is -2.26. The molecule has 108 valence electrons. The predicted molar refractivity (Wildman–Crippen MR) is 70.6 cm³/mol. The fourth-order valence-corrected chi connectivity index (χ4v) is 1.62. The number of para-hydroxylation sites is 1. The molecule has 0 amide bonds. The van der Waals surface area contributed by atoms with Crippen molar-refractivity contribution in [3.63, 3.8) is 0 Å². The first kappa shape index (κ1) is 15.9. The largest absolute Gasteiger partial charge is 0.434 e. The van der Waals surface area contributed by atoms with Crippen LogP contribution in [0.3, 0.4) is 0 Å². The molecule has 0 spiro atoms. The fourth-order valence-electron chi connectivity index (χ4n) is 1.62. The summed E-state index contributed by atoms with van der Waals surface area (Å²) < 4.78 is 34.5. The van der Waals surface area contributed by atoms with E-state index in [2.05, 4.69) is 10.1 Å². The summed E-state index contributed by atoms with van der Waals surface area (Å²) in [5.74, 6) is 0.202. The van der Waals surface area contributed by atoms with E-state index in [0.29, 0.717) is 12.1 Å². The second-order valence-electron chi connectivity index (χ2n) is 4.98. The third kappa shape index (κ3) is 5.12. The van der Waals surface area contributed by atoms with Gasteiger partial charge in [0.1, 0.15) is 5.75 Å². The summed E-state index contributed by atoms with van der Waals surface area (Å²) in [4.78, 5) is 0. The van der Waals surface area contributed by atoms with Crippen LogP contribution in [0.5, 0.6) is 5.75 Å². The Hall–Kier alpha value is -1.20. The van der Waals surface area contributed by atoms with Gasteiger partial charge in [0.15, 0.2) is 0 Å². The van der Waals surface area contributed by atoms with E-state index in [1.807, 2.05) is 20.8 Å². The van der Waals surface area contributed by atoms with E-state index in [9.17, 15) is 8.78 Å². The van der Waals surface area contributed by atoms with Gasteiger partial charge in [-0.25, -0.2) is 0 Å². The van der Waals surface area contributed by atoms with Crippen molar-refractivity contribution in [3.05, 3.63) is 29.8 Å². The lowest BCUT2D eigenvalue weighted by atomic mass is 10.1. The zero-order valence-corrected chi connectivity index (χ0v) is 11.7. The molecule has 19 heavy (non-hydrogen) atoms. The van der Waals surface area contributed by atoms with Crippen molar-refractivity contribution in [2.45, 2.75) is 39.0 Å². The molecule has 0 saturated carbocycles. The van der Waals surface area contributed by atoms with Crippen LogP contribution in [0.2, 0.25) is 0 Å². The Bertz CT molecular complexity index is 397. The van der Waals surface area contributed by atoms with Gasteiger partial charge in [-0.2, -0.15) is 8.78 Å². The van der Waals surface area contributed by atoms with Crippen LogP contribution in [0.4, 0.5) is 8.78 Å². The topological polar surface area (TPSA) is 30.5 Å². The summed E-state index contributed by atoms with van der Waals surface area (Å²) in [5, 5.41) is 3.25. The van der Waals surface area contributed by atoms with Crippen LogP contribution in [0.1, 0.15) is 32.4 Å². The molecule has 1 atom stereocenters. The predicted octanol–water partition coefficient (Wildman–Crippen LogP) is 3.36. The highest BCUT2D eigenvalue weighted by Crippen LogP contribution is 2.26. The molecule has 0 radical (unpaired) electrons. The Morgan fingerprint density at radius 3 is 2.47 bits per heavy atom. The number of benzene rings is 1. The van der Waals surface area contributed by atoms with E-state index < -0.39 is 6.61 Å². The summed E-state index contributed by atoms with van der Waals surface area (Å²) in [6.45, 7) is 3.60. The summed E-state index contributed by atoms with van der Waals surface area (Å²) in [5.41, 5.74) is 0.391. The van der Waals surface area contributed by atoms with Gasteiger partial charge in [-0.05, 0) is 26.8 Å². The third-order valence-corrected chi connectivity index (χ3v) is 2.99. The van der Waals surface area contributed by atoms with Gasteiger partial charge in [0, 0.05) is 25.3 Å². The van der Waals surface area contributed by atoms with Crippen LogP contribution in [-0.2, 0) is 4.74 Å². The van der Waals surface area contributed by atoms with Crippen LogP contribution in [-0.4, -0.2) is 25.9 Å². The van der Waals surface area contributed by atoms with Crippen LogP contribution in [0, 0.1) is 0 Å². The quantitative estimate of drug-likeness (QED) is 0.826. The molecule has 0 bridgehead atoms. The number of hydrogen-bond acceptors (Lipinski definition) is 3. The lowest BCUT2D eigenvalue weighted by Crippen LogP contribution is -2.38. The standard InChI is InChI=1S/C14H21F2NO2/c1-10(17-9-14(2,3)18-4)11-7-5-6-8-12(11)19-13(15)16/h5-8,10,13,17H,9H2,1-4H3. The highest BCUT2D eigenvalue weighted by atomic mass is 19.3. The maximum atomic E-state index is 12.3. The molecule has 1 aromatic carbocycles. The van der Waals surface area contributed by atoms with E-state index in [1.165, 1.54) is 0 Å². The van der Waals surface area contributed by atoms with E-state index in [1.54, 1.807) is 31.4 Å². The molecule has 1 unspecified atom stereocenters. The average Bonchev–Trinajstić information content (AvgIpc) is 2.36. The van der Waals surface area contributed by atoms with E-state index in [0.717, 1.165) is 0 Å². The molecule has 5 heteroatoms. The lowest BCUT2D eigenvalue weighted by molar-refractivity contribution is -0.0507. The first-order valence-electron chi connectivity index (χ1n) is 6.18. The van der Waals surface area contributed by atoms with Crippen LogP contribution in [0.25, 0.3) is 0 Å². The molecule has 0 heterocycles. The first-order valence-corrected chi connectivity index (χ1v) is 6.18. The Labute approximate surface area is 112 Å². The molecule has 1 rings (SSSR count). The summed E-state index contributed by atoms with van der Waals surface area (Å²) in [7, 11) is 1.64. The Morgan fingerprint density at radius 1 is 1.26 bits per heavy atom. The molecule has 0 aliphatic heterocycles. The van der Waals surface area contributed by atoms with Crippen molar-refractivity contribution in [1.29, 1.82) is 0 Å². The van der Waals surface area contributed by atoms with E-state index >= 15 is 0 Å². The molecule has 0 saturated heterocycles. The van der Waals surface area contributed by atoms with Crippen molar-refractivity contribution in [1.82, 2.24) is 5.32 Å². The van der Waals surface area contributed by atoms with Gasteiger partial charge < -0.3 is 14.8 Å². The highest BCUT2D eigenvalue weighted by Gasteiger charge is 2.19.